The minimum absolute atomic E-state index is 0.0578. The van der Waals surface area contributed by atoms with Crippen LogP contribution >= 0.6 is 43.1 Å². The molecule has 0 bridgehead atoms. The lowest BCUT2D eigenvalue weighted by atomic mass is 10.1. The predicted octanol–water partition coefficient (Wildman–Crippen LogP) is 5.39. The molecule has 2 unspecified atom stereocenters. The van der Waals surface area contributed by atoms with Gasteiger partial charge in [0, 0.05) is 16.0 Å². The van der Waals surface area contributed by atoms with E-state index in [0.717, 1.165) is 5.39 Å². The number of halogens is 3. The van der Waals surface area contributed by atoms with Gasteiger partial charge in [-0.1, -0.05) is 11.6 Å². The highest BCUT2D eigenvalue weighted by Crippen LogP contribution is 2.25. The molecule has 144 valence electrons. The minimum Gasteiger partial charge on any atom is -0.508 e. The summed E-state index contributed by atoms with van der Waals surface area (Å²) in [5.41, 5.74) is 0.428. The zero-order valence-electron chi connectivity index (χ0n) is 14.4. The first-order chi connectivity index (χ1) is 12.1. The second-order valence-corrected chi connectivity index (χ2v) is 8.22. The molecule has 6 nitrogen and oxygen atoms in total. The fourth-order valence-corrected chi connectivity index (χ4v) is 2.89. The summed E-state index contributed by atoms with van der Waals surface area (Å²) in [7, 11) is -2.06. The molecule has 10 heteroatoms. The third-order valence-corrected chi connectivity index (χ3v) is 4.31. The van der Waals surface area contributed by atoms with E-state index in [-0.39, 0.29) is 34.7 Å². The number of phenolic OH excluding ortho intramolecular Hbond substituents is 1. The first-order valence-corrected chi connectivity index (χ1v) is 9.89. The van der Waals surface area contributed by atoms with Crippen LogP contribution in [0.2, 0.25) is 5.02 Å². The molecule has 0 saturated carbocycles. The molecule has 0 aliphatic carbocycles. The van der Waals surface area contributed by atoms with Crippen molar-refractivity contribution in [1.82, 2.24) is 0 Å². The summed E-state index contributed by atoms with van der Waals surface area (Å²) in [4.78, 5) is 11.2. The lowest BCUT2D eigenvalue weighted by Crippen LogP contribution is -2.03. The zero-order valence-corrected chi connectivity index (χ0v) is 17.5. The van der Waals surface area contributed by atoms with Crippen molar-refractivity contribution in [2.45, 2.75) is 31.5 Å². The van der Waals surface area contributed by atoms with Gasteiger partial charge in [-0.3, -0.25) is 0 Å². The first-order valence-electron chi connectivity index (χ1n) is 7.55. The van der Waals surface area contributed by atoms with Gasteiger partial charge in [-0.05, 0) is 38.5 Å². The SMILES string of the molecule is CC(Cl)CO[P+](=O)OCC(C)Cl.Cc1c(Cl)c(=O)oc2cc(O)ccc12. The van der Waals surface area contributed by atoms with Crippen LogP contribution in [0.15, 0.2) is 27.4 Å². The molecule has 1 aromatic heterocycles. The quantitative estimate of drug-likeness (QED) is 0.365. The largest absolute Gasteiger partial charge is 0.697 e. The van der Waals surface area contributed by atoms with E-state index in [1.807, 2.05) is 0 Å². The number of benzene rings is 1. The van der Waals surface area contributed by atoms with Crippen molar-refractivity contribution < 1.29 is 23.1 Å². The third kappa shape index (κ3) is 7.78. The van der Waals surface area contributed by atoms with Crippen LogP contribution in [-0.4, -0.2) is 29.1 Å². The molecule has 26 heavy (non-hydrogen) atoms. The van der Waals surface area contributed by atoms with Crippen molar-refractivity contribution in [2.24, 2.45) is 0 Å². The van der Waals surface area contributed by atoms with Crippen LogP contribution in [0.25, 0.3) is 11.0 Å². The van der Waals surface area contributed by atoms with E-state index >= 15 is 0 Å². The van der Waals surface area contributed by atoms with Gasteiger partial charge in [-0.25, -0.2) is 4.79 Å². The van der Waals surface area contributed by atoms with Crippen LogP contribution < -0.4 is 5.63 Å². The van der Waals surface area contributed by atoms with Gasteiger partial charge in [0.05, 0.1) is 10.8 Å². The Hall–Kier alpha value is -0.880. The second kappa shape index (κ2) is 11.1. The highest BCUT2D eigenvalue weighted by Gasteiger charge is 2.21. The maximum absolute atomic E-state index is 11.2. The van der Waals surface area contributed by atoms with Crippen molar-refractivity contribution >= 4 is 54.0 Å². The second-order valence-electron chi connectivity index (χ2n) is 5.39. The van der Waals surface area contributed by atoms with Crippen molar-refractivity contribution in [3.8, 4) is 5.75 Å². The normalized spacial score (nSPS) is 13.7. The van der Waals surface area contributed by atoms with E-state index in [4.69, 9.17) is 48.3 Å². The number of fused-ring (bicyclic) bond motifs is 1. The molecule has 0 spiro atoms. The van der Waals surface area contributed by atoms with E-state index in [1.165, 1.54) is 12.1 Å². The summed E-state index contributed by atoms with van der Waals surface area (Å²) in [6.45, 7) is 5.66. The monoisotopic (exact) mass is 443 g/mol. The smallest absolute Gasteiger partial charge is 0.508 e. The molecule has 0 fully saturated rings. The zero-order chi connectivity index (χ0) is 19.9. The molecule has 1 N–H and O–H groups in total. The van der Waals surface area contributed by atoms with Crippen LogP contribution in [0.3, 0.4) is 0 Å². The van der Waals surface area contributed by atoms with E-state index < -0.39 is 13.9 Å². The van der Waals surface area contributed by atoms with Gasteiger partial charge in [0.15, 0.2) is 0 Å². The molecule has 2 rings (SSSR count). The summed E-state index contributed by atoms with van der Waals surface area (Å²) in [6.07, 6.45) is 0. The number of aromatic hydroxyl groups is 1. The maximum Gasteiger partial charge on any atom is 0.697 e. The Morgan fingerprint density at radius 3 is 2.23 bits per heavy atom. The molecule has 0 radical (unpaired) electrons. The van der Waals surface area contributed by atoms with Crippen LogP contribution in [0.1, 0.15) is 19.4 Å². The van der Waals surface area contributed by atoms with Crippen LogP contribution in [0.5, 0.6) is 5.75 Å². The van der Waals surface area contributed by atoms with Gasteiger partial charge < -0.3 is 9.52 Å². The Morgan fingerprint density at radius 1 is 1.19 bits per heavy atom. The van der Waals surface area contributed by atoms with Crippen molar-refractivity contribution in [1.29, 1.82) is 0 Å². The number of aryl methyl sites for hydroxylation is 1. The fraction of sp³-hybridized carbons (Fsp3) is 0.438. The van der Waals surface area contributed by atoms with Crippen molar-refractivity contribution in [3.63, 3.8) is 0 Å². The lowest BCUT2D eigenvalue weighted by Gasteiger charge is -2.02. The van der Waals surface area contributed by atoms with Gasteiger partial charge in [-0.2, -0.15) is 0 Å². The molecule has 0 aliphatic rings. The van der Waals surface area contributed by atoms with E-state index in [9.17, 15) is 14.5 Å². The molecular formula is C16H19Cl3O6P+. The highest BCUT2D eigenvalue weighted by molar-refractivity contribution is 7.33. The molecule has 2 aromatic rings. The number of hydrogen-bond donors (Lipinski definition) is 1. The molecular weight excluding hydrogens is 426 g/mol. The first kappa shape index (κ1) is 23.2. The number of alkyl halides is 2. The van der Waals surface area contributed by atoms with Gasteiger partial charge in [-0.15, -0.1) is 32.2 Å². The van der Waals surface area contributed by atoms with E-state index in [1.54, 1.807) is 26.8 Å². The highest BCUT2D eigenvalue weighted by atomic mass is 35.5. The molecule has 0 saturated heterocycles. The van der Waals surface area contributed by atoms with E-state index in [2.05, 4.69) is 0 Å². The van der Waals surface area contributed by atoms with Gasteiger partial charge in [0.2, 0.25) is 0 Å². The van der Waals surface area contributed by atoms with Crippen LogP contribution in [0, 0.1) is 6.92 Å². The number of hydrogen-bond acceptors (Lipinski definition) is 6. The molecule has 0 aliphatic heterocycles. The standard InChI is InChI=1S/C10H7ClO3.C6H12Cl2O3P/c1-5-7-3-2-6(12)4-8(7)14-10(13)9(5)11;1-5(7)3-10-12(9)11-4-6(2)8/h2-4,12H,1H3;5-6H,3-4H2,1-2H3/q;+1. The Labute approximate surface area is 166 Å². The Morgan fingerprint density at radius 2 is 1.73 bits per heavy atom. The molecule has 2 atom stereocenters. The molecule has 1 heterocycles. The summed E-state index contributed by atoms with van der Waals surface area (Å²) < 4.78 is 25.2. The summed E-state index contributed by atoms with van der Waals surface area (Å²) >= 11 is 16.8. The van der Waals surface area contributed by atoms with Crippen molar-refractivity contribution in [3.05, 3.63) is 39.2 Å². The third-order valence-electron chi connectivity index (χ3n) is 2.90. The van der Waals surface area contributed by atoms with E-state index in [0.29, 0.717) is 11.1 Å². The van der Waals surface area contributed by atoms with Crippen LogP contribution in [0.4, 0.5) is 0 Å². The van der Waals surface area contributed by atoms with Crippen LogP contribution in [-0.2, 0) is 13.6 Å². The van der Waals surface area contributed by atoms with Gasteiger partial charge in [0.25, 0.3) is 0 Å². The summed E-state index contributed by atoms with van der Waals surface area (Å²) in [5.74, 6) is 0.0578. The molecule has 1 aromatic carbocycles. The maximum atomic E-state index is 11.2. The number of rotatable bonds is 6. The average molecular weight is 445 g/mol. The Balaban J connectivity index is 0.000000265. The van der Waals surface area contributed by atoms with Gasteiger partial charge in [0.1, 0.15) is 29.6 Å². The topological polar surface area (TPSA) is 86.0 Å². The fourth-order valence-electron chi connectivity index (χ4n) is 1.69. The van der Waals surface area contributed by atoms with Gasteiger partial charge >= 0.3 is 13.9 Å². The summed E-state index contributed by atoms with van der Waals surface area (Å²) in [5, 5.41) is 9.67. The Kier molecular flexibility index (Phi) is 9.86. The average Bonchev–Trinajstić information content (AvgIpc) is 2.56. The van der Waals surface area contributed by atoms with Crippen molar-refractivity contribution in [2.75, 3.05) is 13.2 Å². The summed E-state index contributed by atoms with van der Waals surface area (Å²) in [6, 6.07) is 4.57. The minimum atomic E-state index is -2.06. The Bertz CT molecular complexity index is 792. The lowest BCUT2D eigenvalue weighted by molar-refractivity contribution is 0.228. The molecule has 0 amide bonds. The number of phenols is 1. The predicted molar refractivity (Wildman–Crippen MR) is 104 cm³/mol.